The summed E-state index contributed by atoms with van der Waals surface area (Å²) in [6, 6.07) is 9.41. The summed E-state index contributed by atoms with van der Waals surface area (Å²) in [5.74, 6) is -2.55. The number of halogens is 6. The van der Waals surface area contributed by atoms with E-state index in [1.165, 1.54) is 42.5 Å². The van der Waals surface area contributed by atoms with Crippen molar-refractivity contribution in [3.63, 3.8) is 0 Å². The van der Waals surface area contributed by atoms with Gasteiger partial charge in [-0.25, -0.2) is 9.59 Å². The number of carbonyl (C=O) groups excluding carboxylic acids is 3. The van der Waals surface area contributed by atoms with Gasteiger partial charge in [0.15, 0.2) is 17.3 Å². The fourth-order valence-corrected chi connectivity index (χ4v) is 4.20. The van der Waals surface area contributed by atoms with Crippen molar-refractivity contribution in [2.45, 2.75) is 26.3 Å². The van der Waals surface area contributed by atoms with E-state index in [2.05, 4.69) is 5.32 Å². The van der Waals surface area contributed by atoms with Crippen LogP contribution in [0.15, 0.2) is 42.5 Å². The van der Waals surface area contributed by atoms with Gasteiger partial charge >= 0.3 is 11.9 Å². The van der Waals surface area contributed by atoms with E-state index in [0.717, 1.165) is 0 Å². The second kappa shape index (κ2) is 12.4. The standard InChI is InChI=1S/C26H19Cl6NO5/c1-26(2,3)33-11-17(34)12-4-9-18(37-24(35)13-5-7-15(27)22(31)20(13)29)19(10-12)38-25(36)14-6-8-16(28)23(32)21(14)30/h4-10,33H,11H2,1-3H3. The van der Waals surface area contributed by atoms with Crippen LogP contribution in [0.5, 0.6) is 11.5 Å². The number of carbonyl (C=O) groups is 3. The van der Waals surface area contributed by atoms with Gasteiger partial charge in [0.2, 0.25) is 0 Å². The molecule has 200 valence electrons. The van der Waals surface area contributed by atoms with Crippen LogP contribution in [0, 0.1) is 0 Å². The molecule has 0 amide bonds. The van der Waals surface area contributed by atoms with Gasteiger partial charge in [-0.15, -0.1) is 0 Å². The van der Waals surface area contributed by atoms with Crippen molar-refractivity contribution in [3.05, 3.63) is 89.3 Å². The Bertz CT molecular complexity index is 1430. The molecule has 3 rings (SSSR count). The minimum absolute atomic E-state index is 0.00746. The Morgan fingerprint density at radius 1 is 0.684 bits per heavy atom. The molecule has 3 aromatic carbocycles. The zero-order chi connectivity index (χ0) is 28.4. The Balaban J connectivity index is 1.99. The lowest BCUT2D eigenvalue weighted by molar-refractivity contribution is 0.0682. The lowest BCUT2D eigenvalue weighted by atomic mass is 10.1. The number of Topliss-reactive ketones (excluding diaryl/α,β-unsaturated/α-hetero) is 1. The Kier molecular flexibility index (Phi) is 9.98. The van der Waals surface area contributed by atoms with Gasteiger partial charge in [0.05, 0.1) is 47.8 Å². The van der Waals surface area contributed by atoms with E-state index in [-0.39, 0.29) is 76.2 Å². The Morgan fingerprint density at radius 3 is 1.63 bits per heavy atom. The lowest BCUT2D eigenvalue weighted by Gasteiger charge is -2.20. The molecule has 1 N–H and O–H groups in total. The third-order valence-electron chi connectivity index (χ3n) is 4.96. The molecule has 0 bridgehead atoms. The summed E-state index contributed by atoms with van der Waals surface area (Å²) in [6.07, 6.45) is 0. The van der Waals surface area contributed by atoms with Crippen molar-refractivity contribution in [2.75, 3.05) is 6.54 Å². The van der Waals surface area contributed by atoms with Gasteiger partial charge in [0.25, 0.3) is 0 Å². The van der Waals surface area contributed by atoms with Crippen molar-refractivity contribution >= 4 is 87.3 Å². The summed E-state index contributed by atoms with van der Waals surface area (Å²) in [4.78, 5) is 38.7. The summed E-state index contributed by atoms with van der Waals surface area (Å²) in [7, 11) is 0. The third-order valence-corrected chi connectivity index (χ3v) is 7.55. The zero-order valence-electron chi connectivity index (χ0n) is 20.1. The predicted molar refractivity (Wildman–Crippen MR) is 151 cm³/mol. The molecule has 0 saturated carbocycles. The third kappa shape index (κ3) is 7.33. The fraction of sp³-hybridized carbons (Fsp3) is 0.192. The van der Waals surface area contributed by atoms with Gasteiger partial charge in [0.1, 0.15) is 0 Å². The predicted octanol–water partition coefficient (Wildman–Crippen LogP) is 8.62. The van der Waals surface area contributed by atoms with Gasteiger partial charge in [0, 0.05) is 11.1 Å². The Labute approximate surface area is 249 Å². The topological polar surface area (TPSA) is 81.7 Å². The van der Waals surface area contributed by atoms with E-state index in [0.29, 0.717) is 0 Å². The van der Waals surface area contributed by atoms with Crippen LogP contribution in [0.2, 0.25) is 30.1 Å². The fourth-order valence-electron chi connectivity index (χ4n) is 2.97. The van der Waals surface area contributed by atoms with Crippen molar-refractivity contribution in [3.8, 4) is 11.5 Å². The molecule has 3 aromatic rings. The van der Waals surface area contributed by atoms with Crippen LogP contribution in [0.1, 0.15) is 51.8 Å². The molecule has 0 aromatic heterocycles. The molecule has 12 heteroatoms. The van der Waals surface area contributed by atoms with Crippen LogP contribution < -0.4 is 14.8 Å². The van der Waals surface area contributed by atoms with Crippen LogP contribution >= 0.6 is 69.6 Å². The molecule has 0 radical (unpaired) electrons. The number of ketones is 1. The first-order chi connectivity index (χ1) is 17.7. The maximum atomic E-state index is 13.0. The van der Waals surface area contributed by atoms with Crippen molar-refractivity contribution in [1.29, 1.82) is 0 Å². The summed E-state index contributed by atoms with van der Waals surface area (Å²) >= 11 is 36.3. The van der Waals surface area contributed by atoms with Crippen LogP contribution in [0.3, 0.4) is 0 Å². The SMILES string of the molecule is CC(C)(C)NCC(=O)c1ccc(OC(=O)c2ccc(Cl)c(Cl)c2Cl)c(OC(=O)c2ccc(Cl)c(Cl)c2Cl)c1. The first-order valence-corrected chi connectivity index (χ1v) is 13.1. The number of esters is 2. The van der Waals surface area contributed by atoms with Crippen LogP contribution in [0.25, 0.3) is 0 Å². The molecule has 0 unspecified atom stereocenters. The second-order valence-electron chi connectivity index (χ2n) is 8.91. The number of hydrogen-bond acceptors (Lipinski definition) is 6. The smallest absolute Gasteiger partial charge is 0.345 e. The summed E-state index contributed by atoms with van der Waals surface area (Å²) in [5, 5.41) is 3.04. The Morgan fingerprint density at radius 2 is 1.16 bits per heavy atom. The second-order valence-corrected chi connectivity index (χ2v) is 11.2. The molecule has 0 aliphatic heterocycles. The number of nitrogens with one attached hydrogen (secondary N) is 1. The largest absolute Gasteiger partial charge is 0.419 e. The molecular formula is C26H19Cl6NO5. The highest BCUT2D eigenvalue weighted by Gasteiger charge is 2.24. The maximum absolute atomic E-state index is 13.0. The summed E-state index contributed by atoms with van der Waals surface area (Å²) in [5.41, 5.74) is -0.306. The van der Waals surface area contributed by atoms with E-state index in [1.54, 1.807) is 0 Å². The normalized spacial score (nSPS) is 11.3. The minimum Gasteiger partial charge on any atom is -0.419 e. The molecule has 0 saturated heterocycles. The average molecular weight is 638 g/mol. The van der Waals surface area contributed by atoms with Gasteiger partial charge < -0.3 is 14.8 Å². The molecule has 0 fully saturated rings. The van der Waals surface area contributed by atoms with Gasteiger partial charge in [-0.3, -0.25) is 4.79 Å². The van der Waals surface area contributed by atoms with E-state index < -0.39 is 11.9 Å². The zero-order valence-corrected chi connectivity index (χ0v) is 24.6. The average Bonchev–Trinajstić information content (AvgIpc) is 2.85. The highest BCUT2D eigenvalue weighted by atomic mass is 35.5. The van der Waals surface area contributed by atoms with Crippen molar-refractivity contribution in [1.82, 2.24) is 5.32 Å². The number of hydrogen-bond donors (Lipinski definition) is 1. The van der Waals surface area contributed by atoms with Crippen LogP contribution in [-0.2, 0) is 0 Å². The van der Waals surface area contributed by atoms with Crippen LogP contribution in [-0.4, -0.2) is 29.8 Å². The minimum atomic E-state index is -0.934. The first-order valence-electron chi connectivity index (χ1n) is 10.8. The van der Waals surface area contributed by atoms with E-state index in [1.807, 2.05) is 20.8 Å². The van der Waals surface area contributed by atoms with Crippen LogP contribution in [0.4, 0.5) is 0 Å². The lowest BCUT2D eigenvalue weighted by Crippen LogP contribution is -2.39. The molecule has 6 nitrogen and oxygen atoms in total. The molecule has 0 spiro atoms. The number of rotatable bonds is 7. The van der Waals surface area contributed by atoms with Gasteiger partial charge in [-0.05, 0) is 63.2 Å². The highest BCUT2D eigenvalue weighted by Crippen LogP contribution is 2.37. The highest BCUT2D eigenvalue weighted by molar-refractivity contribution is 6.49. The molecule has 38 heavy (non-hydrogen) atoms. The molecule has 0 atom stereocenters. The number of benzene rings is 3. The van der Waals surface area contributed by atoms with E-state index in [4.69, 9.17) is 79.1 Å². The van der Waals surface area contributed by atoms with Crippen molar-refractivity contribution < 1.29 is 23.9 Å². The summed E-state index contributed by atoms with van der Waals surface area (Å²) in [6.45, 7) is 5.73. The summed E-state index contributed by atoms with van der Waals surface area (Å²) < 4.78 is 11.0. The monoisotopic (exact) mass is 635 g/mol. The molecular weight excluding hydrogens is 619 g/mol. The maximum Gasteiger partial charge on any atom is 0.345 e. The number of ether oxygens (including phenoxy) is 2. The molecule has 0 aliphatic carbocycles. The van der Waals surface area contributed by atoms with Crippen molar-refractivity contribution in [2.24, 2.45) is 0 Å². The van der Waals surface area contributed by atoms with Gasteiger partial charge in [-0.1, -0.05) is 69.6 Å². The van der Waals surface area contributed by atoms with E-state index in [9.17, 15) is 14.4 Å². The Hall–Kier alpha value is -2.03. The molecule has 0 aliphatic rings. The first kappa shape index (κ1) is 30.5. The van der Waals surface area contributed by atoms with Gasteiger partial charge in [-0.2, -0.15) is 0 Å². The van der Waals surface area contributed by atoms with E-state index >= 15 is 0 Å². The quantitative estimate of drug-likeness (QED) is 0.121. The molecule has 0 heterocycles.